The van der Waals surface area contributed by atoms with Gasteiger partial charge in [-0.2, -0.15) is 0 Å². The minimum Gasteiger partial charge on any atom is -0.334 e. The van der Waals surface area contributed by atoms with E-state index in [4.69, 9.17) is 0 Å². The van der Waals surface area contributed by atoms with Crippen molar-refractivity contribution in [3.8, 4) is 72.4 Å². The molecule has 1 heterocycles. The number of benzene rings is 12. The number of aromatic nitrogens is 1. The van der Waals surface area contributed by atoms with Gasteiger partial charge in [0.05, 0.1) is 22.5 Å². The molecule has 80 heavy (non-hydrogen) atoms. The molecule has 2 atom stereocenters. The summed E-state index contributed by atoms with van der Waals surface area (Å²) < 4.78 is 2.40. The molecule has 0 N–H and O–H groups in total. The lowest BCUT2D eigenvalue weighted by atomic mass is 9.70. The fourth-order valence-corrected chi connectivity index (χ4v) is 14.1. The Hall–Kier alpha value is -10.0. The van der Waals surface area contributed by atoms with Gasteiger partial charge in [-0.25, -0.2) is 0 Å². The molecule has 2 nitrogen and oxygen atoms in total. The molecule has 0 bridgehead atoms. The van der Waals surface area contributed by atoms with E-state index in [9.17, 15) is 0 Å². The molecule has 1 aromatic heterocycles. The zero-order valence-corrected chi connectivity index (χ0v) is 44.3. The Morgan fingerprint density at radius 1 is 0.338 bits per heavy atom. The lowest BCUT2D eigenvalue weighted by Crippen LogP contribution is -2.36. The van der Waals surface area contributed by atoms with Crippen LogP contribution in [0.15, 0.2) is 291 Å². The van der Waals surface area contributed by atoms with Crippen LogP contribution in [0.1, 0.15) is 46.2 Å². The quantitative estimate of drug-likeness (QED) is 0.147. The van der Waals surface area contributed by atoms with Gasteiger partial charge in [0.1, 0.15) is 0 Å². The monoisotopic (exact) mass is 1020 g/mol. The van der Waals surface area contributed by atoms with Crippen molar-refractivity contribution >= 4 is 39.3 Å². The summed E-state index contributed by atoms with van der Waals surface area (Å²) in [5.74, 6) is 0.182. The fraction of sp³-hybridized carbons (Fsp3) is 0.0513. The Balaban J connectivity index is 0.792. The van der Waals surface area contributed by atoms with E-state index in [1.807, 2.05) is 0 Å². The van der Waals surface area contributed by atoms with Crippen LogP contribution in [0.5, 0.6) is 0 Å². The van der Waals surface area contributed by atoms with Crippen LogP contribution in [0.2, 0.25) is 0 Å². The SMILES string of the molecule is CC1c2ccc(-c3ccccc3)cc2C=CC1N(c1cccc(-c2ccc(-c3ccc4c(c3)c3ccccc3n4-c3ccc(-c4ccccc4)cc3)cc2)c1)c1ccc2c(c1)C1(c3ccccc3-c3ccccc31)c1ccccc1-2. The van der Waals surface area contributed by atoms with Crippen molar-refractivity contribution in [2.24, 2.45) is 0 Å². The van der Waals surface area contributed by atoms with Gasteiger partial charge in [-0.3, -0.25) is 0 Å². The fourth-order valence-electron chi connectivity index (χ4n) is 14.1. The summed E-state index contributed by atoms with van der Waals surface area (Å²) in [5, 5.41) is 2.49. The number of fused-ring (bicyclic) bond motifs is 14. The molecule has 0 saturated carbocycles. The van der Waals surface area contributed by atoms with Gasteiger partial charge >= 0.3 is 0 Å². The molecule has 376 valence electrons. The largest absolute Gasteiger partial charge is 0.334 e. The van der Waals surface area contributed by atoms with E-state index in [-0.39, 0.29) is 12.0 Å². The second-order valence-corrected chi connectivity index (χ2v) is 22.0. The molecule has 0 saturated heterocycles. The van der Waals surface area contributed by atoms with Gasteiger partial charge in [-0.05, 0) is 161 Å². The predicted octanol–water partition coefficient (Wildman–Crippen LogP) is 20.1. The van der Waals surface area contributed by atoms with E-state index in [0.717, 1.165) is 11.4 Å². The molecule has 2 unspecified atom stereocenters. The van der Waals surface area contributed by atoms with E-state index in [0.29, 0.717) is 0 Å². The summed E-state index contributed by atoms with van der Waals surface area (Å²) >= 11 is 0. The molecule has 0 radical (unpaired) electrons. The number of rotatable bonds is 8. The average Bonchev–Trinajstić information content (AvgIpc) is 4.32. The van der Waals surface area contributed by atoms with Crippen LogP contribution in [0.4, 0.5) is 11.4 Å². The summed E-state index contributed by atoms with van der Waals surface area (Å²) in [6.07, 6.45) is 4.82. The second-order valence-electron chi connectivity index (χ2n) is 22.0. The molecule has 1 spiro atoms. The average molecular weight is 1020 g/mol. The molecule has 16 rings (SSSR count). The molecular weight excluding hydrogens is 965 g/mol. The third-order valence-corrected chi connectivity index (χ3v) is 17.8. The van der Waals surface area contributed by atoms with E-state index in [1.54, 1.807) is 0 Å². The number of nitrogens with zero attached hydrogens (tertiary/aromatic N) is 2. The van der Waals surface area contributed by atoms with Gasteiger partial charge < -0.3 is 9.47 Å². The van der Waals surface area contributed by atoms with Crippen LogP contribution in [-0.4, -0.2) is 10.6 Å². The van der Waals surface area contributed by atoms with Crippen molar-refractivity contribution in [1.82, 2.24) is 4.57 Å². The van der Waals surface area contributed by atoms with Crippen molar-refractivity contribution in [2.75, 3.05) is 4.90 Å². The zero-order chi connectivity index (χ0) is 52.9. The Bertz CT molecular complexity index is 4540. The summed E-state index contributed by atoms with van der Waals surface area (Å²) in [7, 11) is 0. The Morgan fingerprint density at radius 3 is 1.49 bits per heavy atom. The van der Waals surface area contributed by atoms with E-state index < -0.39 is 5.41 Å². The van der Waals surface area contributed by atoms with Crippen molar-refractivity contribution in [3.63, 3.8) is 0 Å². The summed E-state index contributed by atoms with van der Waals surface area (Å²) in [5.41, 5.74) is 28.4. The minimum atomic E-state index is -0.449. The normalized spacial score (nSPS) is 15.1. The molecule has 2 heteroatoms. The maximum absolute atomic E-state index is 2.63. The van der Waals surface area contributed by atoms with Crippen LogP contribution in [0.25, 0.3) is 100 Å². The predicted molar refractivity (Wildman–Crippen MR) is 335 cm³/mol. The molecular formula is C78H54N2. The zero-order valence-electron chi connectivity index (χ0n) is 44.3. The van der Waals surface area contributed by atoms with Gasteiger partial charge in [0.25, 0.3) is 0 Å². The number of anilines is 2. The van der Waals surface area contributed by atoms with E-state index in [1.165, 1.54) is 128 Å². The first-order valence-electron chi connectivity index (χ1n) is 28.1. The Kier molecular flexibility index (Phi) is 10.5. The highest BCUT2D eigenvalue weighted by molar-refractivity contribution is 6.10. The van der Waals surface area contributed by atoms with Crippen LogP contribution < -0.4 is 4.90 Å². The summed E-state index contributed by atoms with van der Waals surface area (Å²) in [4.78, 5) is 2.63. The lowest BCUT2D eigenvalue weighted by Gasteiger charge is -2.39. The molecule has 12 aromatic carbocycles. The number of hydrogen-bond acceptors (Lipinski definition) is 1. The van der Waals surface area contributed by atoms with Crippen LogP contribution >= 0.6 is 0 Å². The van der Waals surface area contributed by atoms with Gasteiger partial charge in [0.2, 0.25) is 0 Å². The Morgan fingerprint density at radius 2 is 0.812 bits per heavy atom. The highest BCUT2D eigenvalue weighted by Crippen LogP contribution is 2.63. The first-order valence-corrected chi connectivity index (χ1v) is 28.1. The van der Waals surface area contributed by atoms with Crippen molar-refractivity contribution in [2.45, 2.75) is 24.3 Å². The highest BCUT2D eigenvalue weighted by Gasteiger charge is 2.51. The van der Waals surface area contributed by atoms with Crippen LogP contribution in [0, 0.1) is 0 Å². The van der Waals surface area contributed by atoms with E-state index >= 15 is 0 Å². The van der Waals surface area contributed by atoms with E-state index in [2.05, 4.69) is 314 Å². The highest BCUT2D eigenvalue weighted by atomic mass is 15.2. The smallest absolute Gasteiger partial charge is 0.0726 e. The third kappa shape index (κ3) is 7.05. The van der Waals surface area contributed by atoms with Gasteiger partial charge in [-0.15, -0.1) is 0 Å². The molecule has 0 aliphatic heterocycles. The summed E-state index contributed by atoms with van der Waals surface area (Å²) in [6, 6.07) is 106. The Labute approximate surface area is 467 Å². The van der Waals surface area contributed by atoms with Crippen molar-refractivity contribution < 1.29 is 0 Å². The third-order valence-electron chi connectivity index (χ3n) is 17.8. The molecule has 13 aromatic rings. The number of para-hydroxylation sites is 1. The van der Waals surface area contributed by atoms with Gasteiger partial charge in [-0.1, -0.05) is 244 Å². The molecule has 0 fully saturated rings. The van der Waals surface area contributed by atoms with Gasteiger partial charge in [0, 0.05) is 33.8 Å². The maximum atomic E-state index is 2.63. The second kappa shape index (κ2) is 18.3. The first-order chi connectivity index (χ1) is 39.6. The van der Waals surface area contributed by atoms with Crippen molar-refractivity contribution in [1.29, 1.82) is 0 Å². The topological polar surface area (TPSA) is 8.17 Å². The minimum absolute atomic E-state index is 0.0261. The van der Waals surface area contributed by atoms with Crippen molar-refractivity contribution in [3.05, 3.63) is 325 Å². The molecule has 3 aliphatic rings. The first kappa shape index (κ1) is 46.1. The standard InChI is InChI=1S/C78H54N2/c1-51-64-43-37-58(53-19-6-3-7-20-53)47-60(64)39-45-75(51)79(63-42-44-68-67-25-10-14-29-73(67)78(74(68)50-63)71-27-12-8-23-65(71)66-24-9-13-28-72(66)78)62-22-16-21-57(48-62)55-31-33-56(34-32-55)59-38-46-77-70(49-59)69-26-11-15-30-76(69)80(77)61-40-35-54(36-41-61)52-17-4-2-5-18-52/h2-51,75H,1H3. The van der Waals surface area contributed by atoms with Crippen LogP contribution in [0.3, 0.4) is 0 Å². The lowest BCUT2D eigenvalue weighted by molar-refractivity contribution is 0.640. The van der Waals surface area contributed by atoms with Crippen LogP contribution in [-0.2, 0) is 5.41 Å². The molecule has 0 amide bonds. The number of hydrogen-bond donors (Lipinski definition) is 0. The molecule has 3 aliphatic carbocycles. The maximum Gasteiger partial charge on any atom is 0.0726 e. The summed E-state index contributed by atoms with van der Waals surface area (Å²) in [6.45, 7) is 2.41. The van der Waals surface area contributed by atoms with Gasteiger partial charge in [0.15, 0.2) is 0 Å².